The second kappa shape index (κ2) is 5.63. The van der Waals surface area contributed by atoms with Gasteiger partial charge >= 0.3 is 0 Å². The Morgan fingerprint density at radius 1 is 1.56 bits per heavy atom. The third-order valence-corrected chi connectivity index (χ3v) is 3.45. The van der Waals surface area contributed by atoms with Gasteiger partial charge in [-0.25, -0.2) is 4.98 Å². The summed E-state index contributed by atoms with van der Waals surface area (Å²) in [7, 11) is 1.61. The van der Waals surface area contributed by atoms with E-state index in [1.165, 1.54) is 4.88 Å². The number of amides is 1. The van der Waals surface area contributed by atoms with Crippen LogP contribution in [0.5, 0.6) is 0 Å². The van der Waals surface area contributed by atoms with E-state index in [9.17, 15) is 4.79 Å². The third kappa shape index (κ3) is 3.07. The zero-order chi connectivity index (χ0) is 13.0. The molecule has 0 spiro atoms. The molecule has 0 atom stereocenters. The molecule has 2 aromatic heterocycles. The van der Waals surface area contributed by atoms with Gasteiger partial charge in [0.15, 0.2) is 0 Å². The zero-order valence-electron chi connectivity index (χ0n) is 10.3. The minimum atomic E-state index is -0.0667. The molecule has 0 aliphatic rings. The molecule has 0 bridgehead atoms. The van der Waals surface area contributed by atoms with Crippen molar-refractivity contribution >= 4 is 22.9 Å². The molecule has 0 aliphatic carbocycles. The Hall–Kier alpha value is -1.89. The van der Waals surface area contributed by atoms with E-state index in [2.05, 4.69) is 20.7 Å². The third-order valence-electron chi connectivity index (χ3n) is 2.52. The highest BCUT2D eigenvalue weighted by Crippen LogP contribution is 2.14. The smallest absolute Gasteiger partial charge is 0.241 e. The summed E-state index contributed by atoms with van der Waals surface area (Å²) in [6.07, 6.45) is 3.52. The highest BCUT2D eigenvalue weighted by Gasteiger charge is 2.04. The predicted octanol–water partition coefficient (Wildman–Crippen LogP) is 1.01. The molecule has 2 aromatic rings. The van der Waals surface area contributed by atoms with E-state index in [0.29, 0.717) is 0 Å². The van der Waals surface area contributed by atoms with Gasteiger partial charge in [-0.3, -0.25) is 9.48 Å². The van der Waals surface area contributed by atoms with Gasteiger partial charge in [0.05, 0.1) is 29.6 Å². The number of aromatic nitrogens is 3. The van der Waals surface area contributed by atoms with E-state index < -0.39 is 0 Å². The summed E-state index contributed by atoms with van der Waals surface area (Å²) < 4.78 is 1.60. The first-order valence-electron chi connectivity index (χ1n) is 5.55. The summed E-state index contributed by atoms with van der Waals surface area (Å²) in [5.74, 6) is -0.0667. The van der Waals surface area contributed by atoms with Gasteiger partial charge in [0, 0.05) is 18.1 Å². The Morgan fingerprint density at radius 2 is 2.39 bits per heavy atom. The fourth-order valence-electron chi connectivity index (χ4n) is 1.45. The van der Waals surface area contributed by atoms with Crippen LogP contribution in [0.2, 0.25) is 0 Å². The van der Waals surface area contributed by atoms with Crippen LogP contribution in [-0.2, 0) is 17.9 Å². The first-order valence-corrected chi connectivity index (χ1v) is 6.43. The van der Waals surface area contributed by atoms with Crippen LogP contribution in [0.4, 0.5) is 5.69 Å². The van der Waals surface area contributed by atoms with Gasteiger partial charge in [0.2, 0.25) is 5.91 Å². The number of nitrogens with zero attached hydrogens (tertiary/aromatic N) is 3. The molecule has 1 amide bonds. The second-order valence-electron chi connectivity index (χ2n) is 3.81. The molecule has 18 heavy (non-hydrogen) atoms. The van der Waals surface area contributed by atoms with Crippen molar-refractivity contribution in [3.63, 3.8) is 0 Å². The van der Waals surface area contributed by atoms with E-state index in [4.69, 9.17) is 0 Å². The van der Waals surface area contributed by atoms with Crippen molar-refractivity contribution in [3.8, 4) is 0 Å². The molecular formula is C11H15N5OS. The van der Waals surface area contributed by atoms with Gasteiger partial charge in [-0.15, -0.1) is 11.3 Å². The van der Waals surface area contributed by atoms with E-state index in [1.807, 2.05) is 18.6 Å². The molecule has 6 nitrogen and oxygen atoms in total. The molecule has 0 saturated heterocycles. The summed E-state index contributed by atoms with van der Waals surface area (Å²) in [5.41, 5.74) is 3.78. The van der Waals surface area contributed by atoms with Gasteiger partial charge in [-0.2, -0.15) is 5.10 Å². The van der Waals surface area contributed by atoms with E-state index in [1.54, 1.807) is 29.3 Å². The zero-order valence-corrected chi connectivity index (χ0v) is 11.1. The Kier molecular flexibility index (Phi) is 3.93. The van der Waals surface area contributed by atoms with Crippen LogP contribution in [0.1, 0.15) is 10.6 Å². The monoisotopic (exact) mass is 265 g/mol. The van der Waals surface area contributed by atoms with Gasteiger partial charge in [-0.1, -0.05) is 0 Å². The van der Waals surface area contributed by atoms with Gasteiger partial charge in [0.25, 0.3) is 0 Å². The molecule has 96 valence electrons. The van der Waals surface area contributed by atoms with Gasteiger partial charge in [0.1, 0.15) is 6.54 Å². The minimum Gasteiger partial charge on any atom is -0.378 e. The quantitative estimate of drug-likeness (QED) is 0.846. The van der Waals surface area contributed by atoms with Crippen LogP contribution in [0.25, 0.3) is 0 Å². The van der Waals surface area contributed by atoms with Crippen molar-refractivity contribution in [1.82, 2.24) is 20.1 Å². The van der Waals surface area contributed by atoms with Crippen LogP contribution in [-0.4, -0.2) is 27.7 Å². The maximum atomic E-state index is 11.2. The lowest BCUT2D eigenvalue weighted by molar-refractivity contribution is -0.121. The number of rotatable bonds is 5. The molecule has 0 aliphatic heterocycles. The van der Waals surface area contributed by atoms with Crippen molar-refractivity contribution in [1.29, 1.82) is 0 Å². The molecule has 2 heterocycles. The summed E-state index contributed by atoms with van der Waals surface area (Å²) in [6.45, 7) is 2.95. The van der Waals surface area contributed by atoms with Crippen LogP contribution in [0, 0.1) is 6.92 Å². The Morgan fingerprint density at radius 3 is 3.06 bits per heavy atom. The van der Waals surface area contributed by atoms with Crippen molar-refractivity contribution < 1.29 is 4.79 Å². The largest absolute Gasteiger partial charge is 0.378 e. The molecule has 0 radical (unpaired) electrons. The number of nitrogens with one attached hydrogen (secondary N) is 2. The molecule has 2 N–H and O–H groups in total. The van der Waals surface area contributed by atoms with Crippen molar-refractivity contribution in [2.75, 3.05) is 12.4 Å². The number of carbonyl (C=O) groups excluding carboxylic acids is 1. The lowest BCUT2D eigenvalue weighted by Gasteiger charge is -2.01. The first-order chi connectivity index (χ1) is 8.69. The highest BCUT2D eigenvalue weighted by atomic mass is 32.1. The average molecular weight is 265 g/mol. The molecule has 2 rings (SSSR count). The lowest BCUT2D eigenvalue weighted by Crippen LogP contribution is -2.23. The van der Waals surface area contributed by atoms with Crippen LogP contribution in [0.3, 0.4) is 0 Å². The number of aryl methyl sites for hydroxylation is 1. The van der Waals surface area contributed by atoms with Crippen molar-refractivity contribution in [3.05, 3.63) is 28.5 Å². The normalized spacial score (nSPS) is 10.3. The number of hydrogen-bond acceptors (Lipinski definition) is 5. The number of likely N-dealkylation sites (N-methyl/N-ethyl adjacent to an activating group) is 1. The Balaban J connectivity index is 1.91. The topological polar surface area (TPSA) is 71.8 Å². The minimum absolute atomic E-state index is 0.0667. The first kappa shape index (κ1) is 12.6. The molecule has 0 fully saturated rings. The molecule has 0 saturated carbocycles. The fourth-order valence-corrected chi connectivity index (χ4v) is 2.16. The number of carbonyl (C=O) groups is 1. The molecular weight excluding hydrogens is 250 g/mol. The number of anilines is 1. The van der Waals surface area contributed by atoms with Crippen LogP contribution >= 0.6 is 11.3 Å². The van der Waals surface area contributed by atoms with Gasteiger partial charge in [-0.05, 0) is 6.92 Å². The summed E-state index contributed by atoms with van der Waals surface area (Å²) in [6, 6.07) is 0. The average Bonchev–Trinajstić information content (AvgIpc) is 2.96. The summed E-state index contributed by atoms with van der Waals surface area (Å²) in [5, 5.41) is 9.92. The van der Waals surface area contributed by atoms with E-state index in [0.717, 1.165) is 17.9 Å². The van der Waals surface area contributed by atoms with Gasteiger partial charge < -0.3 is 10.6 Å². The van der Waals surface area contributed by atoms with E-state index >= 15 is 0 Å². The Labute approximate surface area is 109 Å². The lowest BCUT2D eigenvalue weighted by atomic mass is 10.4. The maximum Gasteiger partial charge on any atom is 0.241 e. The predicted molar refractivity (Wildman–Crippen MR) is 70.5 cm³/mol. The highest BCUT2D eigenvalue weighted by molar-refractivity contribution is 7.09. The SMILES string of the molecule is CNC(=O)Cn1cc(NCc2scnc2C)cn1. The van der Waals surface area contributed by atoms with Crippen LogP contribution in [0.15, 0.2) is 17.9 Å². The summed E-state index contributed by atoms with van der Waals surface area (Å²) in [4.78, 5) is 16.6. The Bertz CT molecular complexity index is 533. The fraction of sp³-hybridized carbons (Fsp3) is 0.364. The van der Waals surface area contributed by atoms with Crippen LogP contribution < -0.4 is 10.6 Å². The maximum absolute atomic E-state index is 11.2. The molecule has 7 heteroatoms. The second-order valence-corrected chi connectivity index (χ2v) is 4.75. The molecule has 0 unspecified atom stereocenters. The summed E-state index contributed by atoms with van der Waals surface area (Å²) >= 11 is 1.62. The number of thiazole rings is 1. The van der Waals surface area contributed by atoms with E-state index in [-0.39, 0.29) is 12.5 Å². The van der Waals surface area contributed by atoms with Crippen molar-refractivity contribution in [2.45, 2.75) is 20.0 Å². The van der Waals surface area contributed by atoms with Crippen molar-refractivity contribution in [2.24, 2.45) is 0 Å². The number of hydrogen-bond donors (Lipinski definition) is 2. The standard InChI is InChI=1S/C11H15N5OS/c1-8-10(18-7-14-8)4-13-9-3-15-16(5-9)6-11(17)12-2/h3,5,7,13H,4,6H2,1-2H3,(H,12,17). The molecule has 0 aromatic carbocycles.